The molecule has 1 aliphatic heterocycles. The van der Waals surface area contributed by atoms with E-state index in [4.69, 9.17) is 4.74 Å². The van der Waals surface area contributed by atoms with Gasteiger partial charge in [0.15, 0.2) is 0 Å². The van der Waals surface area contributed by atoms with E-state index < -0.39 is 29.9 Å². The molecule has 1 atom stereocenters. The number of nitrogens with zero attached hydrogens (tertiary/aromatic N) is 1. The summed E-state index contributed by atoms with van der Waals surface area (Å²) < 4.78 is 57.5. The van der Waals surface area contributed by atoms with Gasteiger partial charge in [0.05, 0.1) is 24.6 Å². The highest BCUT2D eigenvalue weighted by atomic mass is 19.4. The molecule has 1 unspecified atom stereocenters. The summed E-state index contributed by atoms with van der Waals surface area (Å²) in [6, 6.07) is 5.33. The number of rotatable bonds is 3. The first-order valence-electron chi connectivity index (χ1n) is 7.57. The van der Waals surface area contributed by atoms with E-state index in [-0.39, 0.29) is 11.6 Å². The van der Waals surface area contributed by atoms with Crippen LogP contribution in [-0.2, 0) is 17.4 Å². The fourth-order valence-electron chi connectivity index (χ4n) is 2.75. The molecule has 2 aromatic rings. The Morgan fingerprint density at radius 3 is 2.88 bits per heavy atom. The van der Waals surface area contributed by atoms with Gasteiger partial charge in [-0.05, 0) is 23.8 Å². The standard InChI is InChI=1S/C17H14F4N2O2/c18-11-4-3-10(13(9-11)17(19,20)21)8-15(24)23-14-5-7-25-16-12(14)2-1-6-22-16/h1-4,6,9,14H,5,7-8H2,(H,23,24). The van der Waals surface area contributed by atoms with Crippen LogP contribution in [0.4, 0.5) is 17.6 Å². The van der Waals surface area contributed by atoms with Gasteiger partial charge in [-0.3, -0.25) is 4.79 Å². The second kappa shape index (κ2) is 6.70. The van der Waals surface area contributed by atoms with Gasteiger partial charge < -0.3 is 10.1 Å². The van der Waals surface area contributed by atoms with Crippen LogP contribution in [0.3, 0.4) is 0 Å². The van der Waals surface area contributed by atoms with Crippen molar-refractivity contribution < 1.29 is 27.1 Å². The first kappa shape index (κ1) is 17.2. The Hall–Kier alpha value is -2.64. The Morgan fingerprint density at radius 2 is 2.12 bits per heavy atom. The first-order chi connectivity index (χ1) is 11.8. The smallest absolute Gasteiger partial charge is 0.416 e. The van der Waals surface area contributed by atoms with Crippen molar-refractivity contribution in [2.45, 2.75) is 25.1 Å². The number of hydrogen-bond donors (Lipinski definition) is 1. The Morgan fingerprint density at radius 1 is 1.32 bits per heavy atom. The minimum atomic E-state index is -4.73. The minimum Gasteiger partial charge on any atom is -0.477 e. The lowest BCUT2D eigenvalue weighted by Crippen LogP contribution is -2.33. The highest BCUT2D eigenvalue weighted by Crippen LogP contribution is 2.33. The van der Waals surface area contributed by atoms with Crippen LogP contribution in [0.1, 0.15) is 29.2 Å². The monoisotopic (exact) mass is 354 g/mol. The summed E-state index contributed by atoms with van der Waals surface area (Å²) >= 11 is 0. The number of carbonyl (C=O) groups excluding carboxylic acids is 1. The molecule has 1 aliphatic rings. The quantitative estimate of drug-likeness (QED) is 0.860. The minimum absolute atomic E-state index is 0.273. The van der Waals surface area contributed by atoms with Crippen LogP contribution in [0.25, 0.3) is 0 Å². The molecular weight excluding hydrogens is 340 g/mol. The third-order valence-corrected chi connectivity index (χ3v) is 3.88. The van der Waals surface area contributed by atoms with Gasteiger partial charge in [-0.2, -0.15) is 13.2 Å². The predicted octanol–water partition coefficient (Wildman–Crippen LogP) is 3.42. The van der Waals surface area contributed by atoms with E-state index in [1.807, 2.05) is 0 Å². The number of halogens is 4. The Labute approximate surface area is 140 Å². The molecule has 4 nitrogen and oxygen atoms in total. The van der Waals surface area contributed by atoms with Gasteiger partial charge in [0.25, 0.3) is 0 Å². The third kappa shape index (κ3) is 3.89. The van der Waals surface area contributed by atoms with Crippen LogP contribution in [0.2, 0.25) is 0 Å². The fourth-order valence-corrected chi connectivity index (χ4v) is 2.75. The van der Waals surface area contributed by atoms with Gasteiger partial charge in [-0.1, -0.05) is 12.1 Å². The molecule has 1 aromatic heterocycles. The van der Waals surface area contributed by atoms with E-state index in [1.165, 1.54) is 0 Å². The van der Waals surface area contributed by atoms with Crippen molar-refractivity contribution in [3.05, 3.63) is 59.0 Å². The first-order valence-corrected chi connectivity index (χ1v) is 7.57. The summed E-state index contributed by atoms with van der Waals surface area (Å²) in [5.41, 5.74) is -0.737. The van der Waals surface area contributed by atoms with Crippen LogP contribution in [-0.4, -0.2) is 17.5 Å². The van der Waals surface area contributed by atoms with E-state index >= 15 is 0 Å². The highest BCUT2D eigenvalue weighted by Gasteiger charge is 2.34. The molecule has 0 saturated carbocycles. The molecular formula is C17H14F4N2O2. The SMILES string of the molecule is O=C(Cc1ccc(F)cc1C(F)(F)F)NC1CCOc2ncccc21. The zero-order chi connectivity index (χ0) is 18.0. The number of alkyl halides is 3. The number of amides is 1. The summed E-state index contributed by atoms with van der Waals surface area (Å²) in [7, 11) is 0. The van der Waals surface area contributed by atoms with E-state index in [1.54, 1.807) is 18.3 Å². The molecule has 0 saturated heterocycles. The van der Waals surface area contributed by atoms with Crippen molar-refractivity contribution in [2.75, 3.05) is 6.61 Å². The number of fused-ring (bicyclic) bond motifs is 1. The van der Waals surface area contributed by atoms with Crippen molar-refractivity contribution in [2.24, 2.45) is 0 Å². The van der Waals surface area contributed by atoms with Crippen LogP contribution in [0, 0.1) is 5.82 Å². The zero-order valence-electron chi connectivity index (χ0n) is 12.9. The van der Waals surface area contributed by atoms with Crippen molar-refractivity contribution in [1.29, 1.82) is 0 Å². The maximum absolute atomic E-state index is 13.1. The lowest BCUT2D eigenvalue weighted by atomic mass is 10.0. The molecule has 0 bridgehead atoms. The number of nitrogens with one attached hydrogen (secondary N) is 1. The molecule has 132 valence electrons. The number of pyridine rings is 1. The molecule has 25 heavy (non-hydrogen) atoms. The van der Waals surface area contributed by atoms with Gasteiger partial charge in [-0.25, -0.2) is 9.37 Å². The summed E-state index contributed by atoms with van der Waals surface area (Å²) in [4.78, 5) is 16.3. The van der Waals surface area contributed by atoms with Crippen molar-refractivity contribution >= 4 is 5.91 Å². The number of carbonyl (C=O) groups is 1. The molecule has 1 aromatic carbocycles. The Kier molecular flexibility index (Phi) is 4.61. The molecule has 0 fully saturated rings. The van der Waals surface area contributed by atoms with Gasteiger partial charge in [0, 0.05) is 18.2 Å². The van der Waals surface area contributed by atoms with E-state index in [0.717, 1.165) is 12.1 Å². The topological polar surface area (TPSA) is 51.2 Å². The summed E-state index contributed by atoms with van der Waals surface area (Å²) in [5.74, 6) is -1.18. The molecule has 0 spiro atoms. The molecule has 0 radical (unpaired) electrons. The van der Waals surface area contributed by atoms with E-state index in [2.05, 4.69) is 10.3 Å². The van der Waals surface area contributed by atoms with E-state index in [9.17, 15) is 22.4 Å². The van der Waals surface area contributed by atoms with Gasteiger partial charge >= 0.3 is 6.18 Å². The van der Waals surface area contributed by atoms with E-state index in [0.29, 0.717) is 30.5 Å². The molecule has 1 amide bonds. The molecule has 2 heterocycles. The highest BCUT2D eigenvalue weighted by molar-refractivity contribution is 5.79. The lowest BCUT2D eigenvalue weighted by molar-refractivity contribution is -0.138. The zero-order valence-corrected chi connectivity index (χ0v) is 12.9. The van der Waals surface area contributed by atoms with Crippen molar-refractivity contribution in [3.63, 3.8) is 0 Å². The number of hydrogen-bond acceptors (Lipinski definition) is 3. The second-order valence-corrected chi connectivity index (χ2v) is 5.63. The Bertz CT molecular complexity index is 792. The average Bonchev–Trinajstić information content (AvgIpc) is 2.56. The number of aromatic nitrogens is 1. The van der Waals surface area contributed by atoms with Crippen LogP contribution < -0.4 is 10.1 Å². The van der Waals surface area contributed by atoms with Gasteiger partial charge in [0.2, 0.25) is 11.8 Å². The van der Waals surface area contributed by atoms with Crippen molar-refractivity contribution in [1.82, 2.24) is 10.3 Å². The maximum Gasteiger partial charge on any atom is 0.416 e. The van der Waals surface area contributed by atoms with Gasteiger partial charge in [0.1, 0.15) is 5.82 Å². The number of benzene rings is 1. The lowest BCUT2D eigenvalue weighted by Gasteiger charge is -2.25. The van der Waals surface area contributed by atoms with Gasteiger partial charge in [-0.15, -0.1) is 0 Å². The maximum atomic E-state index is 13.1. The van der Waals surface area contributed by atoms with Crippen LogP contribution >= 0.6 is 0 Å². The second-order valence-electron chi connectivity index (χ2n) is 5.63. The molecule has 8 heteroatoms. The largest absolute Gasteiger partial charge is 0.477 e. The normalized spacial score (nSPS) is 16.7. The van der Waals surface area contributed by atoms with Crippen LogP contribution in [0.5, 0.6) is 5.88 Å². The summed E-state index contributed by atoms with van der Waals surface area (Å²) in [5, 5.41) is 2.70. The van der Waals surface area contributed by atoms with Crippen molar-refractivity contribution in [3.8, 4) is 5.88 Å². The third-order valence-electron chi connectivity index (χ3n) is 3.88. The average molecular weight is 354 g/mol. The number of ether oxygens (including phenoxy) is 1. The summed E-state index contributed by atoms with van der Waals surface area (Å²) in [6.07, 6.45) is -3.19. The summed E-state index contributed by atoms with van der Waals surface area (Å²) in [6.45, 7) is 0.347. The molecule has 3 rings (SSSR count). The molecule has 0 aliphatic carbocycles. The molecule has 1 N–H and O–H groups in total. The predicted molar refractivity (Wildman–Crippen MR) is 80.3 cm³/mol. The fraction of sp³-hybridized carbons (Fsp3) is 0.294. The Balaban J connectivity index is 1.77. The van der Waals surface area contributed by atoms with Crippen LogP contribution in [0.15, 0.2) is 36.5 Å².